The second-order valence-electron chi connectivity index (χ2n) is 3.12. The summed E-state index contributed by atoms with van der Waals surface area (Å²) in [6, 6.07) is 6.53. The Morgan fingerprint density at radius 2 is 2.00 bits per heavy atom. The van der Waals surface area contributed by atoms with Crippen molar-refractivity contribution in [3.05, 3.63) is 32.7 Å². The molecular formula is C10H13Br2N. The molecule has 1 nitrogen and oxygen atoms in total. The molecule has 0 bridgehead atoms. The molecule has 0 spiro atoms. The first-order chi connectivity index (χ1) is 6.13. The van der Waals surface area contributed by atoms with E-state index in [9.17, 15) is 0 Å². The molecule has 1 aromatic rings. The van der Waals surface area contributed by atoms with Gasteiger partial charge in [-0.1, -0.05) is 13.0 Å². The van der Waals surface area contributed by atoms with E-state index in [1.807, 2.05) is 6.07 Å². The summed E-state index contributed by atoms with van der Waals surface area (Å²) in [4.78, 5) is 0. The quantitative estimate of drug-likeness (QED) is 0.909. The van der Waals surface area contributed by atoms with Gasteiger partial charge in [-0.3, -0.25) is 0 Å². The smallest absolute Gasteiger partial charge is 0.0320 e. The molecule has 72 valence electrons. The number of hydrogen-bond acceptors (Lipinski definition) is 1. The fourth-order valence-corrected chi connectivity index (χ4v) is 1.79. The van der Waals surface area contributed by atoms with Gasteiger partial charge in [-0.25, -0.2) is 0 Å². The molecule has 0 aliphatic rings. The van der Waals surface area contributed by atoms with Crippen LogP contribution in [0.4, 0.5) is 0 Å². The predicted octanol–water partition coefficient (Wildman–Crippen LogP) is 3.49. The van der Waals surface area contributed by atoms with Crippen molar-refractivity contribution in [3.63, 3.8) is 0 Å². The van der Waals surface area contributed by atoms with Crippen LogP contribution in [-0.4, -0.2) is 6.04 Å². The van der Waals surface area contributed by atoms with Crippen LogP contribution >= 0.6 is 31.9 Å². The number of hydrogen-bond donors (Lipinski definition) is 1. The van der Waals surface area contributed by atoms with Crippen LogP contribution in [0.2, 0.25) is 0 Å². The SMILES string of the molecule is CCC(N)Cc1ccc(Br)c(Br)c1. The molecule has 0 aliphatic carbocycles. The highest BCUT2D eigenvalue weighted by Crippen LogP contribution is 2.24. The second kappa shape index (κ2) is 5.13. The molecule has 0 aliphatic heterocycles. The molecule has 3 heteroatoms. The van der Waals surface area contributed by atoms with Crippen LogP contribution in [0.5, 0.6) is 0 Å². The van der Waals surface area contributed by atoms with Crippen LogP contribution in [-0.2, 0) is 6.42 Å². The summed E-state index contributed by atoms with van der Waals surface area (Å²) in [5, 5.41) is 0. The number of rotatable bonds is 3. The summed E-state index contributed by atoms with van der Waals surface area (Å²) in [5.74, 6) is 0. The maximum Gasteiger partial charge on any atom is 0.0320 e. The zero-order valence-corrected chi connectivity index (χ0v) is 10.7. The highest BCUT2D eigenvalue weighted by molar-refractivity contribution is 9.13. The summed E-state index contributed by atoms with van der Waals surface area (Å²) >= 11 is 6.90. The molecule has 1 atom stereocenters. The topological polar surface area (TPSA) is 26.0 Å². The van der Waals surface area contributed by atoms with Crippen molar-refractivity contribution in [3.8, 4) is 0 Å². The van der Waals surface area contributed by atoms with E-state index in [0.29, 0.717) is 0 Å². The minimum absolute atomic E-state index is 0.271. The molecule has 1 aromatic carbocycles. The molecule has 1 rings (SSSR count). The third kappa shape index (κ3) is 3.41. The van der Waals surface area contributed by atoms with Crippen LogP contribution in [0.1, 0.15) is 18.9 Å². The van der Waals surface area contributed by atoms with Crippen molar-refractivity contribution >= 4 is 31.9 Å². The van der Waals surface area contributed by atoms with E-state index in [2.05, 4.69) is 50.9 Å². The van der Waals surface area contributed by atoms with Crippen molar-refractivity contribution in [2.24, 2.45) is 5.73 Å². The van der Waals surface area contributed by atoms with Gasteiger partial charge in [0.15, 0.2) is 0 Å². The van der Waals surface area contributed by atoms with Crippen LogP contribution in [0.3, 0.4) is 0 Å². The van der Waals surface area contributed by atoms with E-state index in [0.717, 1.165) is 21.8 Å². The van der Waals surface area contributed by atoms with E-state index in [1.54, 1.807) is 0 Å². The van der Waals surface area contributed by atoms with Gasteiger partial charge in [0, 0.05) is 15.0 Å². The van der Waals surface area contributed by atoms with Crippen molar-refractivity contribution in [1.82, 2.24) is 0 Å². The maximum atomic E-state index is 5.87. The van der Waals surface area contributed by atoms with Crippen LogP contribution in [0.25, 0.3) is 0 Å². The zero-order valence-electron chi connectivity index (χ0n) is 7.56. The first-order valence-electron chi connectivity index (χ1n) is 4.33. The van der Waals surface area contributed by atoms with Gasteiger partial charge in [0.2, 0.25) is 0 Å². The highest BCUT2D eigenvalue weighted by Gasteiger charge is 2.03. The lowest BCUT2D eigenvalue weighted by Crippen LogP contribution is -2.21. The second-order valence-corrected chi connectivity index (χ2v) is 4.83. The molecule has 0 saturated carbocycles. The third-order valence-corrected chi connectivity index (χ3v) is 3.89. The third-order valence-electron chi connectivity index (χ3n) is 2.01. The van der Waals surface area contributed by atoms with Gasteiger partial charge in [0.25, 0.3) is 0 Å². The molecule has 13 heavy (non-hydrogen) atoms. The molecule has 0 radical (unpaired) electrons. The first kappa shape index (κ1) is 11.2. The average Bonchev–Trinajstić information content (AvgIpc) is 2.11. The summed E-state index contributed by atoms with van der Waals surface area (Å²) in [5.41, 5.74) is 7.15. The van der Waals surface area contributed by atoms with Gasteiger partial charge in [-0.2, -0.15) is 0 Å². The summed E-state index contributed by atoms with van der Waals surface area (Å²) in [7, 11) is 0. The Kier molecular flexibility index (Phi) is 4.42. The Labute approximate surface area is 96.0 Å². The normalized spacial score (nSPS) is 12.9. The van der Waals surface area contributed by atoms with Crippen LogP contribution in [0, 0.1) is 0 Å². The molecule has 2 N–H and O–H groups in total. The molecule has 0 amide bonds. The summed E-state index contributed by atoms with van der Waals surface area (Å²) in [6.45, 7) is 2.11. The molecule has 0 aromatic heterocycles. The lowest BCUT2D eigenvalue weighted by molar-refractivity contribution is 0.646. The van der Waals surface area contributed by atoms with Gasteiger partial charge in [-0.05, 0) is 62.4 Å². The van der Waals surface area contributed by atoms with Gasteiger partial charge < -0.3 is 5.73 Å². The number of halogens is 2. The Morgan fingerprint density at radius 3 is 2.54 bits per heavy atom. The number of nitrogens with two attached hydrogens (primary N) is 1. The van der Waals surface area contributed by atoms with Crippen LogP contribution < -0.4 is 5.73 Å². The van der Waals surface area contributed by atoms with Gasteiger partial charge >= 0.3 is 0 Å². The lowest BCUT2D eigenvalue weighted by atomic mass is 10.1. The summed E-state index contributed by atoms with van der Waals surface area (Å²) in [6.07, 6.45) is 1.97. The average molecular weight is 307 g/mol. The molecule has 0 heterocycles. The van der Waals surface area contributed by atoms with E-state index in [4.69, 9.17) is 5.73 Å². The fraction of sp³-hybridized carbons (Fsp3) is 0.400. The maximum absolute atomic E-state index is 5.87. The molecule has 0 saturated heterocycles. The summed E-state index contributed by atoms with van der Waals surface area (Å²) < 4.78 is 2.18. The standard InChI is InChI=1S/C10H13Br2N/c1-2-8(13)5-7-3-4-9(11)10(12)6-7/h3-4,6,8H,2,5,13H2,1H3. The van der Waals surface area contributed by atoms with E-state index in [1.165, 1.54) is 5.56 Å². The molecular weight excluding hydrogens is 294 g/mol. The van der Waals surface area contributed by atoms with Gasteiger partial charge in [-0.15, -0.1) is 0 Å². The van der Waals surface area contributed by atoms with E-state index >= 15 is 0 Å². The van der Waals surface area contributed by atoms with E-state index < -0.39 is 0 Å². The van der Waals surface area contributed by atoms with Gasteiger partial charge in [0.1, 0.15) is 0 Å². The Bertz CT molecular complexity index is 286. The Hall–Kier alpha value is 0.140. The minimum atomic E-state index is 0.271. The van der Waals surface area contributed by atoms with Crippen molar-refractivity contribution in [2.75, 3.05) is 0 Å². The Morgan fingerprint density at radius 1 is 1.31 bits per heavy atom. The monoisotopic (exact) mass is 305 g/mol. The largest absolute Gasteiger partial charge is 0.327 e. The number of benzene rings is 1. The van der Waals surface area contributed by atoms with E-state index in [-0.39, 0.29) is 6.04 Å². The van der Waals surface area contributed by atoms with Crippen molar-refractivity contribution in [2.45, 2.75) is 25.8 Å². The van der Waals surface area contributed by atoms with Gasteiger partial charge in [0.05, 0.1) is 0 Å². The molecule has 0 fully saturated rings. The minimum Gasteiger partial charge on any atom is -0.327 e. The lowest BCUT2D eigenvalue weighted by Gasteiger charge is -2.09. The molecule has 1 unspecified atom stereocenters. The highest BCUT2D eigenvalue weighted by atomic mass is 79.9. The Balaban J connectivity index is 2.73. The predicted molar refractivity (Wildman–Crippen MR) is 63.8 cm³/mol. The zero-order chi connectivity index (χ0) is 9.84. The van der Waals surface area contributed by atoms with Crippen molar-refractivity contribution < 1.29 is 0 Å². The first-order valence-corrected chi connectivity index (χ1v) is 5.91. The fourth-order valence-electron chi connectivity index (χ4n) is 1.11. The van der Waals surface area contributed by atoms with Crippen LogP contribution in [0.15, 0.2) is 27.1 Å². The van der Waals surface area contributed by atoms with Crippen molar-refractivity contribution in [1.29, 1.82) is 0 Å².